The number of nitriles is 1. The van der Waals surface area contributed by atoms with E-state index >= 15 is 0 Å². The van der Waals surface area contributed by atoms with Crippen molar-refractivity contribution in [3.05, 3.63) is 28.0 Å². The van der Waals surface area contributed by atoms with Gasteiger partial charge in [0.15, 0.2) is 0 Å². The van der Waals surface area contributed by atoms with Gasteiger partial charge in [0.05, 0.1) is 5.56 Å². The summed E-state index contributed by atoms with van der Waals surface area (Å²) >= 11 is 5.80. The second-order valence-corrected chi connectivity index (χ2v) is 2.89. The maximum atomic E-state index is 8.73. The van der Waals surface area contributed by atoms with Crippen molar-refractivity contribution in [2.24, 2.45) is 0 Å². The van der Waals surface area contributed by atoms with E-state index in [0.717, 1.165) is 17.5 Å². The van der Waals surface area contributed by atoms with E-state index in [9.17, 15) is 0 Å². The molecule has 12 heavy (non-hydrogen) atoms. The van der Waals surface area contributed by atoms with Crippen molar-refractivity contribution in [3.8, 4) is 6.07 Å². The van der Waals surface area contributed by atoms with Crippen LogP contribution in [0.15, 0.2) is 6.20 Å². The topological polar surface area (TPSA) is 36.7 Å². The van der Waals surface area contributed by atoms with Crippen molar-refractivity contribution >= 4 is 11.6 Å². The average molecular weight is 181 g/mol. The Bertz CT molecular complexity index is 339. The molecule has 1 aromatic rings. The molecule has 0 spiro atoms. The number of aromatic nitrogens is 1. The van der Waals surface area contributed by atoms with Crippen LogP contribution < -0.4 is 0 Å². The van der Waals surface area contributed by atoms with Gasteiger partial charge in [-0.15, -0.1) is 0 Å². The van der Waals surface area contributed by atoms with Gasteiger partial charge >= 0.3 is 0 Å². The number of pyridine rings is 1. The highest BCUT2D eigenvalue weighted by Crippen LogP contribution is 2.19. The summed E-state index contributed by atoms with van der Waals surface area (Å²) in [4.78, 5) is 3.90. The van der Waals surface area contributed by atoms with Gasteiger partial charge in [-0.05, 0) is 24.5 Å². The zero-order chi connectivity index (χ0) is 9.14. The van der Waals surface area contributed by atoms with E-state index in [1.807, 2.05) is 13.8 Å². The number of nitrogens with zero attached hydrogens (tertiary/aromatic N) is 2. The lowest BCUT2D eigenvalue weighted by Gasteiger charge is -2.05. The summed E-state index contributed by atoms with van der Waals surface area (Å²) in [5.41, 5.74) is 2.54. The maximum absolute atomic E-state index is 8.73. The molecule has 0 N–H and O–H groups in total. The van der Waals surface area contributed by atoms with Gasteiger partial charge in [-0.1, -0.05) is 18.5 Å². The lowest BCUT2D eigenvalue weighted by molar-refractivity contribution is 1.07. The summed E-state index contributed by atoms with van der Waals surface area (Å²) < 4.78 is 0. The molecule has 0 atom stereocenters. The summed E-state index contributed by atoms with van der Waals surface area (Å²) in [6.07, 6.45) is 2.34. The third-order valence-electron chi connectivity index (χ3n) is 1.87. The standard InChI is InChI=1S/C9H9ClN2/c1-3-8-6(2)9(10)12-5-7(8)4-11/h5H,3H2,1-2H3. The second kappa shape index (κ2) is 3.55. The Hall–Kier alpha value is -1.07. The number of halogens is 1. The van der Waals surface area contributed by atoms with Crippen LogP contribution in [0.1, 0.15) is 23.6 Å². The molecule has 0 bridgehead atoms. The van der Waals surface area contributed by atoms with Gasteiger partial charge < -0.3 is 0 Å². The van der Waals surface area contributed by atoms with Crippen LogP contribution in [0, 0.1) is 18.3 Å². The molecular weight excluding hydrogens is 172 g/mol. The molecule has 0 amide bonds. The number of hydrogen-bond donors (Lipinski definition) is 0. The lowest BCUT2D eigenvalue weighted by atomic mass is 10.0. The summed E-state index contributed by atoms with van der Waals surface area (Å²) in [6.45, 7) is 3.88. The van der Waals surface area contributed by atoms with E-state index in [0.29, 0.717) is 10.7 Å². The van der Waals surface area contributed by atoms with E-state index in [4.69, 9.17) is 16.9 Å². The zero-order valence-corrected chi connectivity index (χ0v) is 7.81. The maximum Gasteiger partial charge on any atom is 0.132 e. The van der Waals surface area contributed by atoms with Crippen LogP contribution in [-0.2, 0) is 6.42 Å². The second-order valence-electron chi connectivity index (χ2n) is 2.53. The first-order chi connectivity index (χ1) is 5.70. The number of hydrogen-bond acceptors (Lipinski definition) is 2. The highest BCUT2D eigenvalue weighted by atomic mass is 35.5. The normalized spacial score (nSPS) is 9.50. The summed E-state index contributed by atoms with van der Waals surface area (Å²) in [7, 11) is 0. The Morgan fingerprint density at radius 1 is 1.67 bits per heavy atom. The lowest BCUT2D eigenvalue weighted by Crippen LogP contribution is -1.95. The fourth-order valence-corrected chi connectivity index (χ4v) is 1.34. The first kappa shape index (κ1) is 9.02. The summed E-state index contributed by atoms with van der Waals surface area (Å²) in [6, 6.07) is 2.09. The fourth-order valence-electron chi connectivity index (χ4n) is 1.17. The van der Waals surface area contributed by atoms with Gasteiger partial charge in [-0.3, -0.25) is 0 Å². The van der Waals surface area contributed by atoms with E-state index in [1.165, 1.54) is 6.20 Å². The monoisotopic (exact) mass is 180 g/mol. The minimum absolute atomic E-state index is 0.492. The molecule has 0 unspecified atom stereocenters. The van der Waals surface area contributed by atoms with E-state index < -0.39 is 0 Å². The van der Waals surface area contributed by atoms with Gasteiger partial charge in [-0.25, -0.2) is 4.98 Å². The minimum atomic E-state index is 0.492. The van der Waals surface area contributed by atoms with Gasteiger partial charge in [0.2, 0.25) is 0 Å². The van der Waals surface area contributed by atoms with Gasteiger partial charge in [0, 0.05) is 6.20 Å². The molecule has 1 rings (SSSR count). The van der Waals surface area contributed by atoms with E-state index in [1.54, 1.807) is 0 Å². The van der Waals surface area contributed by atoms with Crippen molar-refractivity contribution in [2.45, 2.75) is 20.3 Å². The van der Waals surface area contributed by atoms with Gasteiger partial charge in [0.25, 0.3) is 0 Å². The van der Waals surface area contributed by atoms with Crippen molar-refractivity contribution < 1.29 is 0 Å². The first-order valence-corrected chi connectivity index (χ1v) is 4.12. The van der Waals surface area contributed by atoms with Crippen LogP contribution in [0.2, 0.25) is 5.15 Å². The highest BCUT2D eigenvalue weighted by Gasteiger charge is 2.07. The van der Waals surface area contributed by atoms with Crippen LogP contribution in [0.25, 0.3) is 0 Å². The molecule has 0 saturated heterocycles. The molecule has 1 aromatic heterocycles. The highest BCUT2D eigenvalue weighted by molar-refractivity contribution is 6.30. The molecule has 1 heterocycles. The molecule has 0 radical (unpaired) electrons. The Morgan fingerprint density at radius 3 is 2.83 bits per heavy atom. The number of rotatable bonds is 1. The Labute approximate surface area is 76.8 Å². The third kappa shape index (κ3) is 1.41. The first-order valence-electron chi connectivity index (χ1n) is 3.74. The van der Waals surface area contributed by atoms with Crippen LogP contribution in [0.4, 0.5) is 0 Å². The quantitative estimate of drug-likeness (QED) is 0.623. The summed E-state index contributed by atoms with van der Waals surface area (Å²) in [5, 5.41) is 9.22. The molecule has 0 aromatic carbocycles. The Balaban J connectivity index is 3.38. The van der Waals surface area contributed by atoms with Gasteiger partial charge in [-0.2, -0.15) is 5.26 Å². The predicted molar refractivity (Wildman–Crippen MR) is 48.1 cm³/mol. The Kier molecular flexibility index (Phi) is 2.67. The van der Waals surface area contributed by atoms with Crippen molar-refractivity contribution in [3.63, 3.8) is 0 Å². The summed E-state index contributed by atoms with van der Waals surface area (Å²) in [5.74, 6) is 0. The molecule has 0 aliphatic heterocycles. The molecule has 0 aliphatic carbocycles. The van der Waals surface area contributed by atoms with Crippen LogP contribution in [0.5, 0.6) is 0 Å². The zero-order valence-electron chi connectivity index (χ0n) is 7.06. The SMILES string of the molecule is CCc1c(C#N)cnc(Cl)c1C. The van der Waals surface area contributed by atoms with E-state index in [-0.39, 0.29) is 0 Å². The Morgan fingerprint density at radius 2 is 2.33 bits per heavy atom. The van der Waals surface area contributed by atoms with Crippen molar-refractivity contribution in [1.29, 1.82) is 5.26 Å². The molecule has 0 aliphatic rings. The predicted octanol–water partition coefficient (Wildman–Crippen LogP) is 2.48. The van der Waals surface area contributed by atoms with Crippen LogP contribution in [0.3, 0.4) is 0 Å². The smallest absolute Gasteiger partial charge is 0.132 e. The van der Waals surface area contributed by atoms with Crippen LogP contribution >= 0.6 is 11.6 Å². The molecular formula is C9H9ClN2. The molecule has 0 fully saturated rings. The molecule has 0 saturated carbocycles. The third-order valence-corrected chi connectivity index (χ3v) is 2.25. The molecule has 3 heteroatoms. The molecule has 2 nitrogen and oxygen atoms in total. The van der Waals surface area contributed by atoms with Crippen molar-refractivity contribution in [1.82, 2.24) is 4.98 Å². The minimum Gasteiger partial charge on any atom is -0.243 e. The van der Waals surface area contributed by atoms with E-state index in [2.05, 4.69) is 11.1 Å². The largest absolute Gasteiger partial charge is 0.243 e. The van der Waals surface area contributed by atoms with Gasteiger partial charge in [0.1, 0.15) is 11.2 Å². The van der Waals surface area contributed by atoms with Crippen molar-refractivity contribution in [2.75, 3.05) is 0 Å². The molecule has 62 valence electrons. The average Bonchev–Trinajstić information content (AvgIpc) is 2.09. The fraction of sp³-hybridized carbons (Fsp3) is 0.333. The van der Waals surface area contributed by atoms with Crippen LogP contribution in [-0.4, -0.2) is 4.98 Å².